The molecule has 0 saturated carbocycles. The number of nitrogens with one attached hydrogen (secondary N) is 2. The molecule has 0 radical (unpaired) electrons. The number of aromatic nitrogens is 1. The first-order chi connectivity index (χ1) is 14.4. The maximum Gasteiger partial charge on any atom is 0.258 e. The molecule has 1 spiro atoms. The van der Waals surface area contributed by atoms with Gasteiger partial charge in [0.25, 0.3) is 5.91 Å². The van der Waals surface area contributed by atoms with Gasteiger partial charge < -0.3 is 9.88 Å². The molecule has 3 aliphatic heterocycles. The number of hydrogen-bond acceptors (Lipinski definition) is 2. The predicted molar refractivity (Wildman–Crippen MR) is 121 cm³/mol. The lowest BCUT2D eigenvalue weighted by atomic mass is 9.78. The van der Waals surface area contributed by atoms with Crippen molar-refractivity contribution in [3.05, 3.63) is 64.3 Å². The molecule has 2 atom stereocenters. The van der Waals surface area contributed by atoms with E-state index in [1.165, 1.54) is 22.1 Å². The largest absolute Gasteiger partial charge is 0.356 e. The zero-order valence-corrected chi connectivity index (χ0v) is 18.2. The van der Waals surface area contributed by atoms with Crippen molar-refractivity contribution in [1.82, 2.24) is 10.3 Å². The summed E-state index contributed by atoms with van der Waals surface area (Å²) in [6.07, 6.45) is 2.89. The minimum atomic E-state index is -0.816. The van der Waals surface area contributed by atoms with Crippen LogP contribution in [0.1, 0.15) is 68.0 Å². The van der Waals surface area contributed by atoms with Crippen molar-refractivity contribution in [1.29, 1.82) is 0 Å². The van der Waals surface area contributed by atoms with Gasteiger partial charge in [-0.1, -0.05) is 44.2 Å². The number of hydrogen-bond donors (Lipinski definition) is 2. The summed E-state index contributed by atoms with van der Waals surface area (Å²) < 4.78 is 0. The van der Waals surface area contributed by atoms with E-state index in [0.29, 0.717) is 5.92 Å². The lowest BCUT2D eigenvalue weighted by Crippen LogP contribution is -2.59. The van der Waals surface area contributed by atoms with E-state index < -0.39 is 5.54 Å². The molecule has 4 heterocycles. The van der Waals surface area contributed by atoms with Gasteiger partial charge in [-0.2, -0.15) is 0 Å². The third-order valence-electron chi connectivity index (χ3n) is 7.65. The number of amides is 1. The minimum Gasteiger partial charge on any atom is -0.356 e. The van der Waals surface area contributed by atoms with Crippen molar-refractivity contribution in [2.45, 2.75) is 64.0 Å². The normalized spacial score (nSPS) is 26.3. The van der Waals surface area contributed by atoms with Gasteiger partial charge in [-0.15, -0.1) is 0 Å². The highest BCUT2D eigenvalue weighted by Gasteiger charge is 2.60. The van der Waals surface area contributed by atoms with E-state index in [9.17, 15) is 4.79 Å². The molecule has 0 fully saturated rings. The predicted octanol–water partition coefficient (Wildman–Crippen LogP) is 4.75. The van der Waals surface area contributed by atoms with E-state index in [0.717, 1.165) is 48.3 Å². The Balaban J connectivity index is 1.73. The summed E-state index contributed by atoms with van der Waals surface area (Å²) in [5.41, 5.74) is 7.38. The van der Waals surface area contributed by atoms with Gasteiger partial charge >= 0.3 is 0 Å². The number of anilines is 1. The van der Waals surface area contributed by atoms with Crippen molar-refractivity contribution in [3.8, 4) is 0 Å². The molecule has 0 aliphatic carbocycles. The van der Waals surface area contributed by atoms with Crippen LogP contribution in [0.15, 0.2) is 36.4 Å². The van der Waals surface area contributed by atoms with Gasteiger partial charge in [0.15, 0.2) is 5.54 Å². The fourth-order valence-corrected chi connectivity index (χ4v) is 6.40. The Kier molecular flexibility index (Phi) is 3.49. The number of aryl methyl sites for hydroxylation is 1. The lowest BCUT2D eigenvalue weighted by molar-refractivity contribution is -0.124. The van der Waals surface area contributed by atoms with Crippen molar-refractivity contribution in [2.24, 2.45) is 0 Å². The molecule has 1 aromatic heterocycles. The lowest BCUT2D eigenvalue weighted by Gasteiger charge is -2.44. The maximum atomic E-state index is 14.4. The third-order valence-corrected chi connectivity index (χ3v) is 7.65. The summed E-state index contributed by atoms with van der Waals surface area (Å²) >= 11 is 0. The van der Waals surface area contributed by atoms with Crippen LogP contribution in [0.4, 0.5) is 5.69 Å². The highest BCUT2D eigenvalue weighted by molar-refractivity contribution is 6.13. The molecular weight excluding hydrogens is 370 g/mol. The van der Waals surface area contributed by atoms with Crippen molar-refractivity contribution in [2.75, 3.05) is 11.4 Å². The fraction of sp³-hybridized carbons (Fsp3) is 0.423. The zero-order chi connectivity index (χ0) is 20.8. The molecule has 3 aromatic rings. The van der Waals surface area contributed by atoms with Crippen LogP contribution in [-0.4, -0.2) is 23.0 Å². The first-order valence-corrected chi connectivity index (χ1v) is 11.3. The Labute approximate surface area is 177 Å². The molecule has 1 amide bonds. The first kappa shape index (κ1) is 18.2. The van der Waals surface area contributed by atoms with Crippen molar-refractivity contribution >= 4 is 22.5 Å². The van der Waals surface area contributed by atoms with Gasteiger partial charge in [-0.25, -0.2) is 0 Å². The second-order valence-corrected chi connectivity index (χ2v) is 9.94. The Morgan fingerprint density at radius 2 is 2.00 bits per heavy atom. The number of para-hydroxylation sites is 1. The smallest absolute Gasteiger partial charge is 0.258 e. The number of rotatable bonds is 1. The second kappa shape index (κ2) is 5.76. The van der Waals surface area contributed by atoms with E-state index in [1.807, 2.05) is 0 Å². The molecule has 0 bridgehead atoms. The Bertz CT molecular complexity index is 1220. The van der Waals surface area contributed by atoms with Gasteiger partial charge in [0.1, 0.15) is 0 Å². The monoisotopic (exact) mass is 399 g/mol. The van der Waals surface area contributed by atoms with Crippen LogP contribution in [0.2, 0.25) is 0 Å². The molecule has 2 aromatic carbocycles. The number of carbonyl (C=O) groups is 1. The number of aromatic amines is 1. The van der Waals surface area contributed by atoms with Crippen LogP contribution >= 0.6 is 0 Å². The Morgan fingerprint density at radius 3 is 2.80 bits per heavy atom. The number of fused-ring (bicyclic) bond motifs is 5. The molecule has 4 nitrogen and oxygen atoms in total. The topological polar surface area (TPSA) is 48.1 Å². The SMILES string of the molecule is CCc1cc2c3c(c1)[C@@]1(NCCc4c1[nH]c1ccccc41)C(=O)N3C(C)(C)C[C@@H]2C. The van der Waals surface area contributed by atoms with Gasteiger partial charge in [0.2, 0.25) is 0 Å². The van der Waals surface area contributed by atoms with Gasteiger partial charge in [-0.05, 0) is 61.8 Å². The van der Waals surface area contributed by atoms with Crippen LogP contribution in [0.3, 0.4) is 0 Å². The van der Waals surface area contributed by atoms with Gasteiger partial charge in [0.05, 0.1) is 11.4 Å². The minimum absolute atomic E-state index is 0.177. The summed E-state index contributed by atoms with van der Waals surface area (Å²) in [6, 6.07) is 13.1. The molecule has 30 heavy (non-hydrogen) atoms. The molecule has 6 rings (SSSR count). The summed E-state index contributed by atoms with van der Waals surface area (Å²) in [6.45, 7) is 9.75. The first-order valence-electron chi connectivity index (χ1n) is 11.3. The van der Waals surface area contributed by atoms with E-state index >= 15 is 0 Å². The number of H-pyrrole nitrogens is 1. The summed E-state index contributed by atoms with van der Waals surface area (Å²) in [5, 5.41) is 4.96. The van der Waals surface area contributed by atoms with Crippen molar-refractivity contribution in [3.63, 3.8) is 0 Å². The fourth-order valence-electron chi connectivity index (χ4n) is 6.40. The molecule has 4 heteroatoms. The average molecular weight is 400 g/mol. The number of benzene rings is 2. The van der Waals surface area contributed by atoms with E-state index in [-0.39, 0.29) is 11.4 Å². The van der Waals surface area contributed by atoms with E-state index in [4.69, 9.17) is 0 Å². The molecule has 0 saturated heterocycles. The van der Waals surface area contributed by atoms with E-state index in [1.54, 1.807) is 0 Å². The molecule has 2 N–H and O–H groups in total. The Hall–Kier alpha value is -2.59. The zero-order valence-electron chi connectivity index (χ0n) is 18.2. The van der Waals surface area contributed by atoms with Gasteiger partial charge in [0, 0.05) is 28.6 Å². The quantitative estimate of drug-likeness (QED) is 0.620. The Morgan fingerprint density at radius 1 is 1.20 bits per heavy atom. The molecular formula is C26H29N3O. The van der Waals surface area contributed by atoms with Crippen LogP contribution < -0.4 is 10.2 Å². The summed E-state index contributed by atoms with van der Waals surface area (Å²) in [5.74, 6) is 0.613. The van der Waals surface area contributed by atoms with E-state index in [2.05, 4.69) is 79.3 Å². The molecule has 154 valence electrons. The highest BCUT2D eigenvalue weighted by Crippen LogP contribution is 2.56. The van der Waals surface area contributed by atoms with Crippen LogP contribution in [0.25, 0.3) is 10.9 Å². The maximum absolute atomic E-state index is 14.4. The average Bonchev–Trinajstić information content (AvgIpc) is 3.22. The molecule has 3 aliphatic rings. The van der Waals surface area contributed by atoms with Crippen molar-refractivity contribution < 1.29 is 4.79 Å². The summed E-state index contributed by atoms with van der Waals surface area (Å²) in [7, 11) is 0. The highest BCUT2D eigenvalue weighted by atomic mass is 16.2. The van der Waals surface area contributed by atoms with Crippen LogP contribution in [-0.2, 0) is 23.2 Å². The number of nitrogens with zero attached hydrogens (tertiary/aromatic N) is 1. The van der Waals surface area contributed by atoms with Crippen LogP contribution in [0.5, 0.6) is 0 Å². The second-order valence-electron chi connectivity index (χ2n) is 9.94. The number of carbonyl (C=O) groups excluding carboxylic acids is 1. The standard InChI is InChI=1S/C26H29N3O/c1-5-16-12-19-15(2)14-25(3,4)29-22(19)20(13-16)26(24(29)30)23-18(10-11-27-26)17-8-6-7-9-21(17)28-23/h6-9,12-13,15,27-28H,5,10-11,14H2,1-4H3/t15-,26-/m0/s1. The molecule has 0 unspecified atom stereocenters. The third kappa shape index (κ3) is 2.03. The van der Waals surface area contributed by atoms with Gasteiger partial charge in [-0.3, -0.25) is 10.1 Å². The van der Waals surface area contributed by atoms with Crippen LogP contribution in [0, 0.1) is 0 Å². The summed E-state index contributed by atoms with van der Waals surface area (Å²) in [4.78, 5) is 20.1.